The second-order valence-electron chi connectivity index (χ2n) is 6.46. The van der Waals surface area contributed by atoms with Crippen LogP contribution in [-0.4, -0.2) is 0 Å². The minimum atomic E-state index is -0.324. The Balaban J connectivity index is 2.51. The molecule has 0 heterocycles. The lowest BCUT2D eigenvalue weighted by molar-refractivity contribution is 0.209. The van der Waals surface area contributed by atoms with Crippen molar-refractivity contribution >= 4 is 11.6 Å². The average Bonchev–Trinajstić information content (AvgIpc) is 2.98. The van der Waals surface area contributed by atoms with Crippen LogP contribution in [0.1, 0.15) is 57.6 Å². The lowest BCUT2D eigenvalue weighted by atomic mass is 9.70. The van der Waals surface area contributed by atoms with Gasteiger partial charge >= 0.3 is 0 Å². The lowest BCUT2D eigenvalue weighted by Gasteiger charge is -2.40. The van der Waals surface area contributed by atoms with Gasteiger partial charge < -0.3 is 5.73 Å². The first kappa shape index (κ1) is 12.9. The summed E-state index contributed by atoms with van der Waals surface area (Å²) in [7, 11) is 0. The van der Waals surface area contributed by atoms with Crippen molar-refractivity contribution in [1.29, 1.82) is 0 Å². The fraction of sp³-hybridized carbons (Fsp3) is 0.600. The summed E-state index contributed by atoms with van der Waals surface area (Å²) in [6, 6.07) is 6.17. The highest BCUT2D eigenvalue weighted by Gasteiger charge is 2.39. The molecule has 1 fully saturated rings. The number of hydrogen-bond donors (Lipinski definition) is 1. The molecule has 1 atom stereocenters. The first-order chi connectivity index (χ1) is 7.73. The van der Waals surface area contributed by atoms with Gasteiger partial charge in [0.15, 0.2) is 0 Å². The van der Waals surface area contributed by atoms with E-state index in [0.29, 0.717) is 5.92 Å². The van der Waals surface area contributed by atoms with Crippen molar-refractivity contribution in [2.75, 3.05) is 0 Å². The number of halogens is 1. The molecule has 1 aromatic carbocycles. The molecular weight excluding hydrogens is 230 g/mol. The van der Waals surface area contributed by atoms with Crippen LogP contribution < -0.4 is 5.73 Å². The van der Waals surface area contributed by atoms with Gasteiger partial charge in [-0.2, -0.15) is 0 Å². The minimum Gasteiger partial charge on any atom is -0.321 e. The predicted octanol–water partition coefficient (Wildman–Crippen LogP) is 4.44. The van der Waals surface area contributed by atoms with Crippen molar-refractivity contribution in [3.8, 4) is 0 Å². The van der Waals surface area contributed by atoms with Gasteiger partial charge in [-0.1, -0.05) is 38.4 Å². The zero-order chi connectivity index (χ0) is 12.8. The molecule has 17 heavy (non-hydrogen) atoms. The van der Waals surface area contributed by atoms with Crippen LogP contribution in [0.3, 0.4) is 0 Å². The first-order valence-electron chi connectivity index (χ1n) is 6.32. The number of benzene rings is 1. The van der Waals surface area contributed by atoms with E-state index < -0.39 is 0 Å². The van der Waals surface area contributed by atoms with E-state index in [4.69, 9.17) is 17.3 Å². The Hall–Kier alpha value is -0.530. The summed E-state index contributed by atoms with van der Waals surface area (Å²) in [5.41, 5.74) is 8.92. The van der Waals surface area contributed by atoms with E-state index in [-0.39, 0.29) is 11.0 Å². The van der Waals surface area contributed by atoms with Gasteiger partial charge in [-0.15, -0.1) is 0 Å². The summed E-state index contributed by atoms with van der Waals surface area (Å²) < 4.78 is 0. The lowest BCUT2D eigenvalue weighted by Crippen LogP contribution is -2.46. The van der Waals surface area contributed by atoms with Crippen LogP contribution in [0.4, 0.5) is 0 Å². The van der Waals surface area contributed by atoms with Gasteiger partial charge in [-0.25, -0.2) is 0 Å². The van der Waals surface area contributed by atoms with Crippen LogP contribution in [-0.2, 0) is 5.54 Å². The van der Waals surface area contributed by atoms with Gasteiger partial charge in [0.25, 0.3) is 0 Å². The predicted molar refractivity (Wildman–Crippen MR) is 74.4 cm³/mol. The molecule has 2 rings (SSSR count). The highest BCUT2D eigenvalue weighted by Crippen LogP contribution is 2.47. The van der Waals surface area contributed by atoms with E-state index in [0.717, 1.165) is 5.02 Å². The molecule has 0 saturated heterocycles. The third kappa shape index (κ3) is 2.36. The Labute approximate surface area is 109 Å². The molecule has 1 saturated carbocycles. The summed E-state index contributed by atoms with van der Waals surface area (Å²) >= 11 is 6.11. The molecule has 1 nitrogen and oxygen atoms in total. The van der Waals surface area contributed by atoms with Crippen LogP contribution in [0.2, 0.25) is 5.02 Å². The molecule has 0 aliphatic heterocycles. The second kappa shape index (κ2) is 4.00. The molecule has 0 aromatic heterocycles. The van der Waals surface area contributed by atoms with E-state index >= 15 is 0 Å². The standard InChI is InChI=1S/C15H22ClN/c1-14(2,3)15(4,17)13-8-7-11(16)9-12(13)10-5-6-10/h7-10H,5-6,17H2,1-4H3. The molecule has 2 N–H and O–H groups in total. The van der Waals surface area contributed by atoms with Gasteiger partial charge in [0.05, 0.1) is 0 Å². The Morgan fingerprint density at radius 3 is 2.24 bits per heavy atom. The highest BCUT2D eigenvalue weighted by atomic mass is 35.5. The Morgan fingerprint density at radius 1 is 1.18 bits per heavy atom. The van der Waals surface area contributed by atoms with Crippen LogP contribution in [0.15, 0.2) is 18.2 Å². The summed E-state index contributed by atoms with van der Waals surface area (Å²) in [5.74, 6) is 0.675. The molecule has 0 spiro atoms. The molecule has 0 amide bonds. The molecule has 1 aromatic rings. The quantitative estimate of drug-likeness (QED) is 0.826. The Kier molecular flexibility index (Phi) is 3.04. The second-order valence-corrected chi connectivity index (χ2v) is 6.89. The van der Waals surface area contributed by atoms with Crippen molar-refractivity contribution in [3.63, 3.8) is 0 Å². The van der Waals surface area contributed by atoms with Gasteiger partial charge in [-0.3, -0.25) is 0 Å². The molecular formula is C15H22ClN. The summed E-state index contributed by atoms with van der Waals surface area (Å²) in [5, 5.41) is 0.820. The monoisotopic (exact) mass is 251 g/mol. The Morgan fingerprint density at radius 2 is 1.76 bits per heavy atom. The van der Waals surface area contributed by atoms with E-state index in [1.807, 2.05) is 6.07 Å². The van der Waals surface area contributed by atoms with Gasteiger partial charge in [-0.05, 0) is 54.4 Å². The van der Waals surface area contributed by atoms with Crippen molar-refractivity contribution in [3.05, 3.63) is 34.3 Å². The molecule has 1 unspecified atom stereocenters. The number of rotatable bonds is 2. The number of nitrogens with two attached hydrogens (primary N) is 1. The maximum absolute atomic E-state index is 6.59. The van der Waals surface area contributed by atoms with Crippen LogP contribution in [0.25, 0.3) is 0 Å². The maximum Gasteiger partial charge on any atom is 0.0432 e. The largest absolute Gasteiger partial charge is 0.321 e. The Bertz CT molecular complexity index is 425. The minimum absolute atomic E-state index is 0.0322. The summed E-state index contributed by atoms with van der Waals surface area (Å²) in [6.07, 6.45) is 2.54. The third-order valence-corrected chi connectivity index (χ3v) is 4.38. The zero-order valence-electron chi connectivity index (χ0n) is 11.2. The van der Waals surface area contributed by atoms with E-state index in [2.05, 4.69) is 39.8 Å². The fourth-order valence-electron chi connectivity index (χ4n) is 2.14. The normalized spacial score (nSPS) is 20.1. The number of hydrogen-bond acceptors (Lipinski definition) is 1. The first-order valence-corrected chi connectivity index (χ1v) is 6.70. The molecule has 1 aliphatic rings. The van der Waals surface area contributed by atoms with Crippen LogP contribution in [0, 0.1) is 5.41 Å². The van der Waals surface area contributed by atoms with Crippen molar-refractivity contribution < 1.29 is 0 Å². The van der Waals surface area contributed by atoms with Gasteiger partial charge in [0.2, 0.25) is 0 Å². The average molecular weight is 252 g/mol. The molecule has 2 heteroatoms. The molecule has 0 bridgehead atoms. The summed E-state index contributed by atoms with van der Waals surface area (Å²) in [6.45, 7) is 8.71. The van der Waals surface area contributed by atoms with Crippen LogP contribution >= 0.6 is 11.6 Å². The zero-order valence-corrected chi connectivity index (χ0v) is 11.9. The highest BCUT2D eigenvalue weighted by molar-refractivity contribution is 6.30. The van der Waals surface area contributed by atoms with E-state index in [9.17, 15) is 0 Å². The van der Waals surface area contributed by atoms with E-state index in [1.165, 1.54) is 24.0 Å². The molecule has 1 aliphatic carbocycles. The van der Waals surface area contributed by atoms with Crippen molar-refractivity contribution in [1.82, 2.24) is 0 Å². The summed E-state index contributed by atoms with van der Waals surface area (Å²) in [4.78, 5) is 0. The molecule has 94 valence electrons. The van der Waals surface area contributed by atoms with Gasteiger partial charge in [0.1, 0.15) is 0 Å². The molecule has 0 radical (unpaired) electrons. The van der Waals surface area contributed by atoms with E-state index in [1.54, 1.807) is 0 Å². The van der Waals surface area contributed by atoms with Crippen molar-refractivity contribution in [2.45, 2.75) is 52.0 Å². The van der Waals surface area contributed by atoms with Crippen molar-refractivity contribution in [2.24, 2.45) is 11.1 Å². The third-order valence-electron chi connectivity index (χ3n) is 4.15. The maximum atomic E-state index is 6.59. The fourth-order valence-corrected chi connectivity index (χ4v) is 2.32. The topological polar surface area (TPSA) is 26.0 Å². The smallest absolute Gasteiger partial charge is 0.0432 e. The van der Waals surface area contributed by atoms with Gasteiger partial charge in [0, 0.05) is 10.6 Å². The SMILES string of the molecule is CC(C)(C)C(C)(N)c1ccc(Cl)cc1C1CC1. The van der Waals surface area contributed by atoms with Crippen LogP contribution in [0.5, 0.6) is 0 Å².